The highest BCUT2D eigenvalue weighted by Crippen LogP contribution is 2.30. The van der Waals surface area contributed by atoms with Crippen LogP contribution in [0.4, 0.5) is 21.0 Å². The van der Waals surface area contributed by atoms with Gasteiger partial charge in [0.25, 0.3) is 0 Å². The lowest BCUT2D eigenvalue weighted by Gasteiger charge is -2.51. The first-order valence-corrected chi connectivity index (χ1v) is 14.4. The maximum Gasteiger partial charge on any atom is 0.410 e. The van der Waals surface area contributed by atoms with E-state index in [4.69, 9.17) is 9.47 Å². The molecule has 0 saturated carbocycles. The van der Waals surface area contributed by atoms with E-state index in [1.807, 2.05) is 74.2 Å². The van der Waals surface area contributed by atoms with E-state index in [2.05, 4.69) is 16.7 Å². The van der Waals surface area contributed by atoms with Crippen LogP contribution in [0.1, 0.15) is 39.7 Å². The Balaban J connectivity index is 1.14. The highest BCUT2D eigenvalue weighted by Gasteiger charge is 2.39. The standard InChI is InChI=1S/C31H41N5O5/c1-22-18-32(30(39)41-31(2,3)4)16-17-34(22)26-20-33(21-26)24-8-10-25(11-9-24)35-15-14-28(37)36(29(35)38)19-23-6-12-27(40-5)13-7-23/h6-13,22,26H,14-21H2,1-5H3. The number of carbonyl (C=O) groups is 3. The normalized spacial score (nSPS) is 20.8. The summed E-state index contributed by atoms with van der Waals surface area (Å²) < 4.78 is 10.8. The van der Waals surface area contributed by atoms with E-state index >= 15 is 0 Å². The molecule has 3 heterocycles. The number of imide groups is 1. The minimum atomic E-state index is -0.489. The summed E-state index contributed by atoms with van der Waals surface area (Å²) in [5, 5.41) is 0. The SMILES string of the molecule is COc1ccc(CN2C(=O)CCN(c3ccc(N4CC(N5CCN(C(=O)OC(C)(C)C)CC5C)C4)cc3)C2=O)cc1. The van der Waals surface area contributed by atoms with Gasteiger partial charge in [-0.1, -0.05) is 12.1 Å². The minimum absolute atomic E-state index is 0.161. The van der Waals surface area contributed by atoms with Crippen molar-refractivity contribution >= 4 is 29.4 Å². The van der Waals surface area contributed by atoms with Crippen molar-refractivity contribution in [3.63, 3.8) is 0 Å². The van der Waals surface area contributed by atoms with E-state index < -0.39 is 5.60 Å². The largest absolute Gasteiger partial charge is 0.497 e. The van der Waals surface area contributed by atoms with E-state index in [1.165, 1.54) is 4.90 Å². The lowest BCUT2D eigenvalue weighted by Crippen LogP contribution is -2.66. The van der Waals surface area contributed by atoms with E-state index in [0.717, 1.165) is 42.3 Å². The molecular formula is C31H41N5O5. The maximum atomic E-state index is 13.3. The maximum absolute atomic E-state index is 13.3. The zero-order valence-corrected chi connectivity index (χ0v) is 24.7. The molecule has 3 aliphatic rings. The number of methoxy groups -OCH3 is 1. The molecule has 0 aliphatic carbocycles. The molecule has 3 aliphatic heterocycles. The number of ether oxygens (including phenoxy) is 2. The number of hydrogen-bond acceptors (Lipinski definition) is 7. The van der Waals surface area contributed by atoms with Crippen LogP contribution in [-0.4, -0.2) is 96.8 Å². The second kappa shape index (κ2) is 11.6. The van der Waals surface area contributed by atoms with Crippen molar-refractivity contribution in [2.75, 3.05) is 56.2 Å². The molecule has 0 N–H and O–H groups in total. The van der Waals surface area contributed by atoms with Crippen molar-refractivity contribution in [3.8, 4) is 5.75 Å². The van der Waals surface area contributed by atoms with Crippen LogP contribution in [0.5, 0.6) is 5.75 Å². The first-order chi connectivity index (χ1) is 19.5. The number of piperazine rings is 1. The van der Waals surface area contributed by atoms with Gasteiger partial charge in [0, 0.05) is 69.1 Å². The van der Waals surface area contributed by atoms with E-state index in [-0.39, 0.29) is 37.0 Å². The average Bonchev–Trinajstić information content (AvgIpc) is 2.91. The van der Waals surface area contributed by atoms with Gasteiger partial charge in [-0.25, -0.2) is 9.59 Å². The van der Waals surface area contributed by atoms with Crippen molar-refractivity contribution < 1.29 is 23.9 Å². The van der Waals surface area contributed by atoms with Crippen molar-refractivity contribution in [2.24, 2.45) is 0 Å². The summed E-state index contributed by atoms with van der Waals surface area (Å²) in [6.45, 7) is 12.5. The number of carbonyl (C=O) groups excluding carboxylic acids is 3. The van der Waals surface area contributed by atoms with Gasteiger partial charge < -0.3 is 19.3 Å². The van der Waals surface area contributed by atoms with Crippen molar-refractivity contribution in [1.29, 1.82) is 0 Å². The quantitative estimate of drug-likeness (QED) is 0.521. The van der Waals surface area contributed by atoms with Gasteiger partial charge >= 0.3 is 12.1 Å². The summed E-state index contributed by atoms with van der Waals surface area (Å²) in [4.78, 5) is 48.0. The zero-order chi connectivity index (χ0) is 29.3. The molecule has 3 fully saturated rings. The van der Waals surface area contributed by atoms with Crippen LogP contribution in [0.3, 0.4) is 0 Å². The molecule has 4 amide bonds. The molecule has 1 unspecified atom stereocenters. The van der Waals surface area contributed by atoms with Crippen molar-refractivity contribution in [2.45, 2.75) is 58.3 Å². The lowest BCUT2D eigenvalue weighted by atomic mass is 10.0. The highest BCUT2D eigenvalue weighted by molar-refractivity contribution is 6.05. The number of anilines is 2. The Bertz CT molecular complexity index is 1250. The molecule has 0 bridgehead atoms. The summed E-state index contributed by atoms with van der Waals surface area (Å²) in [7, 11) is 1.60. The van der Waals surface area contributed by atoms with Gasteiger partial charge in [0.2, 0.25) is 5.91 Å². The number of amides is 4. The van der Waals surface area contributed by atoms with Crippen LogP contribution < -0.4 is 14.5 Å². The fourth-order valence-electron chi connectivity index (χ4n) is 5.73. The Morgan fingerprint density at radius 1 is 0.902 bits per heavy atom. The second-order valence-electron chi connectivity index (χ2n) is 12.1. The Morgan fingerprint density at radius 3 is 2.17 bits per heavy atom. The summed E-state index contributed by atoms with van der Waals surface area (Å²) in [6, 6.07) is 15.8. The molecule has 0 aromatic heterocycles. The molecule has 5 rings (SSSR count). The van der Waals surface area contributed by atoms with Gasteiger partial charge in [-0.05, 0) is 69.7 Å². The highest BCUT2D eigenvalue weighted by atomic mass is 16.6. The van der Waals surface area contributed by atoms with E-state index in [9.17, 15) is 14.4 Å². The molecule has 0 spiro atoms. The summed E-state index contributed by atoms with van der Waals surface area (Å²) in [5.74, 6) is 0.571. The molecule has 2 aromatic carbocycles. The van der Waals surface area contributed by atoms with Crippen LogP contribution in [0.15, 0.2) is 48.5 Å². The fourth-order valence-corrected chi connectivity index (χ4v) is 5.73. The molecule has 1 atom stereocenters. The van der Waals surface area contributed by atoms with Gasteiger partial charge in [-0.3, -0.25) is 19.5 Å². The minimum Gasteiger partial charge on any atom is -0.497 e. The molecule has 220 valence electrons. The smallest absolute Gasteiger partial charge is 0.410 e. The lowest BCUT2D eigenvalue weighted by molar-refractivity contribution is -0.129. The van der Waals surface area contributed by atoms with Gasteiger partial charge in [0.15, 0.2) is 0 Å². The fraction of sp³-hybridized carbons (Fsp3) is 0.516. The Morgan fingerprint density at radius 2 is 1.56 bits per heavy atom. The molecule has 0 radical (unpaired) electrons. The van der Waals surface area contributed by atoms with Crippen LogP contribution in [0, 0.1) is 0 Å². The molecule has 10 heteroatoms. The van der Waals surface area contributed by atoms with E-state index in [0.29, 0.717) is 25.7 Å². The van der Waals surface area contributed by atoms with Gasteiger partial charge in [-0.2, -0.15) is 0 Å². The first-order valence-electron chi connectivity index (χ1n) is 14.4. The molecule has 41 heavy (non-hydrogen) atoms. The molecule has 10 nitrogen and oxygen atoms in total. The number of rotatable bonds is 6. The third kappa shape index (κ3) is 6.43. The third-order valence-corrected chi connectivity index (χ3v) is 8.00. The van der Waals surface area contributed by atoms with Gasteiger partial charge in [0.1, 0.15) is 11.4 Å². The van der Waals surface area contributed by atoms with Crippen LogP contribution in [0.25, 0.3) is 0 Å². The Kier molecular flexibility index (Phi) is 8.13. The predicted octanol–water partition coefficient (Wildman–Crippen LogP) is 4.18. The predicted molar refractivity (Wildman–Crippen MR) is 157 cm³/mol. The van der Waals surface area contributed by atoms with Crippen LogP contribution in [-0.2, 0) is 16.1 Å². The third-order valence-electron chi connectivity index (χ3n) is 8.00. The van der Waals surface area contributed by atoms with Crippen LogP contribution >= 0.6 is 0 Å². The monoisotopic (exact) mass is 563 g/mol. The summed E-state index contributed by atoms with van der Waals surface area (Å²) in [5.41, 5.74) is 2.28. The number of hydrogen-bond donors (Lipinski definition) is 0. The van der Waals surface area contributed by atoms with Crippen LogP contribution in [0.2, 0.25) is 0 Å². The van der Waals surface area contributed by atoms with Gasteiger partial charge in [0.05, 0.1) is 13.7 Å². The number of urea groups is 1. The Labute approximate surface area is 242 Å². The van der Waals surface area contributed by atoms with Gasteiger partial charge in [-0.15, -0.1) is 0 Å². The molecular weight excluding hydrogens is 522 g/mol. The Hall–Kier alpha value is -3.79. The second-order valence-corrected chi connectivity index (χ2v) is 12.1. The average molecular weight is 564 g/mol. The number of benzene rings is 2. The van der Waals surface area contributed by atoms with E-state index in [1.54, 1.807) is 12.0 Å². The zero-order valence-electron chi connectivity index (χ0n) is 24.7. The summed E-state index contributed by atoms with van der Waals surface area (Å²) in [6.07, 6.45) is 0.0522. The number of nitrogens with zero attached hydrogens (tertiary/aromatic N) is 5. The van der Waals surface area contributed by atoms with Crippen molar-refractivity contribution in [1.82, 2.24) is 14.7 Å². The molecule has 3 saturated heterocycles. The summed E-state index contributed by atoms with van der Waals surface area (Å²) >= 11 is 0. The topological polar surface area (TPSA) is 85.9 Å². The molecule has 2 aromatic rings. The van der Waals surface area contributed by atoms with Crippen molar-refractivity contribution in [3.05, 3.63) is 54.1 Å². The first kappa shape index (κ1) is 28.7.